The van der Waals surface area contributed by atoms with Gasteiger partial charge in [-0.25, -0.2) is 4.79 Å². The minimum Gasteiger partial charge on any atom is -0.444 e. The monoisotopic (exact) mass is 487 g/mol. The van der Waals surface area contributed by atoms with Crippen molar-refractivity contribution >= 4 is 23.8 Å². The van der Waals surface area contributed by atoms with Crippen LogP contribution in [0.3, 0.4) is 0 Å². The van der Waals surface area contributed by atoms with Crippen LogP contribution < -0.4 is 16.4 Å². The van der Waals surface area contributed by atoms with Crippen molar-refractivity contribution in [3.8, 4) is 6.07 Å². The number of nitrogens with one attached hydrogen (secondary N) is 2. The van der Waals surface area contributed by atoms with Crippen molar-refractivity contribution in [2.45, 2.75) is 84.5 Å². The van der Waals surface area contributed by atoms with Crippen LogP contribution in [0.5, 0.6) is 0 Å². The predicted octanol–water partition coefficient (Wildman–Crippen LogP) is 2.46. The van der Waals surface area contributed by atoms with Gasteiger partial charge < -0.3 is 26.0 Å². The molecule has 0 radical (unpaired) electrons. The molecule has 1 aromatic carbocycles. The number of alkyl carbamates (subject to hydrolysis) is 1. The molecule has 10 heteroatoms. The summed E-state index contributed by atoms with van der Waals surface area (Å²) in [4.78, 5) is 52.1. The summed E-state index contributed by atoms with van der Waals surface area (Å²) in [6.45, 7) is 11.8. The highest BCUT2D eigenvalue weighted by molar-refractivity contribution is 5.93. The Bertz CT molecular complexity index is 972. The zero-order valence-corrected chi connectivity index (χ0v) is 21.6. The quantitative estimate of drug-likeness (QED) is 0.455. The number of aryl methyl sites for hydroxylation is 1. The van der Waals surface area contributed by atoms with Crippen LogP contribution in [0.1, 0.15) is 71.6 Å². The Morgan fingerprint density at radius 1 is 1.11 bits per heavy atom. The summed E-state index contributed by atoms with van der Waals surface area (Å²) in [7, 11) is 0. The molecule has 35 heavy (non-hydrogen) atoms. The van der Waals surface area contributed by atoms with E-state index in [0.717, 1.165) is 10.5 Å². The first-order valence-corrected chi connectivity index (χ1v) is 11.4. The summed E-state index contributed by atoms with van der Waals surface area (Å²) in [5, 5.41) is 14.9. The van der Waals surface area contributed by atoms with Gasteiger partial charge in [0.05, 0.1) is 6.07 Å². The van der Waals surface area contributed by atoms with E-state index in [1.165, 1.54) is 0 Å². The second kappa shape index (κ2) is 12.2. The zero-order valence-electron chi connectivity index (χ0n) is 21.6. The third kappa shape index (κ3) is 10.0. The lowest BCUT2D eigenvalue weighted by Crippen LogP contribution is -2.55. The molecular formula is C25H37N5O5. The number of primary amides is 1. The highest BCUT2D eigenvalue weighted by Gasteiger charge is 2.37. The summed E-state index contributed by atoms with van der Waals surface area (Å²) in [5.41, 5.74) is 5.10. The minimum atomic E-state index is -1.25. The molecule has 1 aromatic rings. The lowest BCUT2D eigenvalue weighted by atomic mass is 9.96. The van der Waals surface area contributed by atoms with Gasteiger partial charge in [0.2, 0.25) is 17.7 Å². The van der Waals surface area contributed by atoms with E-state index in [9.17, 15) is 24.4 Å². The number of rotatable bonds is 9. The van der Waals surface area contributed by atoms with Crippen molar-refractivity contribution in [3.63, 3.8) is 0 Å². The van der Waals surface area contributed by atoms with Crippen molar-refractivity contribution in [1.29, 1.82) is 5.26 Å². The molecule has 0 saturated heterocycles. The number of nitriles is 1. The van der Waals surface area contributed by atoms with Crippen LogP contribution >= 0.6 is 0 Å². The van der Waals surface area contributed by atoms with Crippen molar-refractivity contribution in [2.24, 2.45) is 5.73 Å². The summed E-state index contributed by atoms with van der Waals surface area (Å²) in [5.74, 6) is -1.86. The summed E-state index contributed by atoms with van der Waals surface area (Å²) in [6.07, 6.45) is -1.20. The molecule has 2 atom stereocenters. The van der Waals surface area contributed by atoms with Gasteiger partial charge in [-0.15, -0.1) is 0 Å². The molecule has 0 spiro atoms. The maximum Gasteiger partial charge on any atom is 0.408 e. The van der Waals surface area contributed by atoms with Crippen molar-refractivity contribution in [1.82, 2.24) is 15.5 Å². The first-order chi connectivity index (χ1) is 16.1. The van der Waals surface area contributed by atoms with Gasteiger partial charge in [-0.1, -0.05) is 24.3 Å². The van der Waals surface area contributed by atoms with Crippen LogP contribution in [-0.4, -0.2) is 52.4 Å². The largest absolute Gasteiger partial charge is 0.444 e. The van der Waals surface area contributed by atoms with Crippen LogP contribution in [0, 0.1) is 18.3 Å². The number of carbonyl (C=O) groups is 4. The Kier molecular flexibility index (Phi) is 10.3. The Balaban J connectivity index is 3.50. The summed E-state index contributed by atoms with van der Waals surface area (Å²) >= 11 is 0. The highest BCUT2D eigenvalue weighted by atomic mass is 16.6. The molecule has 192 valence electrons. The van der Waals surface area contributed by atoms with Gasteiger partial charge in [-0.3, -0.25) is 14.4 Å². The molecule has 2 unspecified atom stereocenters. The van der Waals surface area contributed by atoms with Crippen molar-refractivity contribution in [3.05, 3.63) is 35.4 Å². The Hall–Kier alpha value is -3.61. The second-order valence-corrected chi connectivity index (χ2v) is 10.3. The number of carbonyl (C=O) groups excluding carboxylic acids is 4. The van der Waals surface area contributed by atoms with E-state index in [2.05, 4.69) is 10.6 Å². The summed E-state index contributed by atoms with van der Waals surface area (Å²) in [6, 6.07) is 6.57. The number of ether oxygens (including phenoxy) is 1. The van der Waals surface area contributed by atoms with Crippen LogP contribution in [-0.2, 0) is 19.1 Å². The molecule has 0 aliphatic carbocycles. The molecule has 1 rings (SSSR count). The Morgan fingerprint density at radius 3 is 2.20 bits per heavy atom. The first kappa shape index (κ1) is 29.4. The van der Waals surface area contributed by atoms with Gasteiger partial charge in [0.15, 0.2) is 0 Å². The van der Waals surface area contributed by atoms with E-state index in [0.29, 0.717) is 5.56 Å². The van der Waals surface area contributed by atoms with Gasteiger partial charge in [0.1, 0.15) is 24.2 Å². The molecule has 4 amide bonds. The average molecular weight is 488 g/mol. The maximum absolute atomic E-state index is 13.7. The average Bonchev–Trinajstić information content (AvgIpc) is 2.68. The third-order valence-corrected chi connectivity index (χ3v) is 4.73. The molecule has 4 N–H and O–H groups in total. The van der Waals surface area contributed by atoms with Gasteiger partial charge in [0, 0.05) is 12.0 Å². The lowest BCUT2D eigenvalue weighted by molar-refractivity contribution is -0.142. The number of hydrogen-bond acceptors (Lipinski definition) is 6. The maximum atomic E-state index is 13.7. The smallest absolute Gasteiger partial charge is 0.408 e. The van der Waals surface area contributed by atoms with E-state index < -0.39 is 53.6 Å². The topological polar surface area (TPSA) is 155 Å². The lowest BCUT2D eigenvalue weighted by Gasteiger charge is -2.35. The van der Waals surface area contributed by atoms with Crippen LogP contribution in [0.15, 0.2) is 24.3 Å². The fourth-order valence-corrected chi connectivity index (χ4v) is 3.35. The van der Waals surface area contributed by atoms with E-state index >= 15 is 0 Å². The molecule has 10 nitrogen and oxygen atoms in total. The van der Waals surface area contributed by atoms with Crippen molar-refractivity contribution in [2.75, 3.05) is 6.54 Å². The number of nitrogens with two attached hydrogens (primary N) is 1. The van der Waals surface area contributed by atoms with Gasteiger partial charge in [-0.2, -0.15) is 5.26 Å². The molecule has 0 heterocycles. The molecule has 0 bridgehead atoms. The minimum absolute atomic E-state index is 0.128. The van der Waals surface area contributed by atoms with Crippen LogP contribution in [0.2, 0.25) is 0 Å². The number of benzene rings is 1. The highest BCUT2D eigenvalue weighted by Crippen LogP contribution is 2.26. The Labute approximate surface area is 207 Å². The third-order valence-electron chi connectivity index (χ3n) is 4.73. The van der Waals surface area contributed by atoms with E-state index in [-0.39, 0.29) is 12.8 Å². The van der Waals surface area contributed by atoms with Gasteiger partial charge >= 0.3 is 6.09 Å². The summed E-state index contributed by atoms with van der Waals surface area (Å²) < 4.78 is 5.26. The fourth-order valence-electron chi connectivity index (χ4n) is 3.35. The van der Waals surface area contributed by atoms with E-state index in [1.54, 1.807) is 72.7 Å². The van der Waals surface area contributed by atoms with Gasteiger partial charge in [-0.05, 0) is 66.0 Å². The number of nitrogens with zero attached hydrogens (tertiary/aromatic N) is 2. The molecular weight excluding hydrogens is 450 g/mol. The van der Waals surface area contributed by atoms with E-state index in [1.807, 2.05) is 6.07 Å². The van der Waals surface area contributed by atoms with Crippen LogP contribution in [0.25, 0.3) is 0 Å². The van der Waals surface area contributed by atoms with Crippen molar-refractivity contribution < 1.29 is 23.9 Å². The van der Waals surface area contributed by atoms with Gasteiger partial charge in [0.25, 0.3) is 0 Å². The Morgan fingerprint density at radius 2 is 1.71 bits per heavy atom. The second-order valence-electron chi connectivity index (χ2n) is 10.3. The molecule has 0 aliphatic rings. The molecule has 0 fully saturated rings. The molecule has 0 saturated carbocycles. The fraction of sp³-hybridized carbons (Fsp3) is 0.560. The molecule has 0 aromatic heterocycles. The SMILES string of the molecule is Cc1ccccc1C(C(=O)NC(C)(C)C)N(CC#N)C(=O)C(CCC(N)=O)NC(=O)OC(C)(C)C. The standard InChI is InChI=1S/C25H37N5O5/c1-16-10-8-9-11-17(16)20(21(32)29-24(2,3)4)30(15-14-26)22(33)18(12-13-19(27)31)28-23(34)35-25(5,6)7/h8-11,18,20H,12-13,15H2,1-7H3,(H2,27,31)(H,28,34)(H,29,32). The van der Waals surface area contributed by atoms with E-state index in [4.69, 9.17) is 10.5 Å². The number of amides is 4. The zero-order chi connectivity index (χ0) is 27.0. The predicted molar refractivity (Wildman–Crippen MR) is 131 cm³/mol. The molecule has 0 aliphatic heterocycles. The van der Waals surface area contributed by atoms with Crippen LogP contribution in [0.4, 0.5) is 4.79 Å². The normalized spacial score (nSPS) is 13.1. The number of hydrogen-bond donors (Lipinski definition) is 3. The first-order valence-electron chi connectivity index (χ1n) is 11.4.